The summed E-state index contributed by atoms with van der Waals surface area (Å²) in [7, 11) is 0. The molecule has 1 heterocycles. The molecule has 0 unspecified atom stereocenters. The Bertz CT molecular complexity index is 2340. The molecule has 1 aliphatic heterocycles. The molecule has 0 bridgehead atoms. The molecule has 0 spiro atoms. The number of carbonyl (C=O) groups is 3. The van der Waals surface area contributed by atoms with Crippen LogP contribution in [-0.2, 0) is 23.7 Å². The van der Waals surface area contributed by atoms with Crippen molar-refractivity contribution in [1.29, 1.82) is 0 Å². The Morgan fingerprint density at radius 3 is 1.87 bits per heavy atom. The number of carbonyl (C=O) groups excluding carboxylic acids is 3. The van der Waals surface area contributed by atoms with Crippen molar-refractivity contribution in [2.75, 3.05) is 19.0 Å². The zero-order chi connectivity index (χ0) is 48.8. The van der Waals surface area contributed by atoms with E-state index in [0.29, 0.717) is 52.9 Å². The van der Waals surface area contributed by atoms with Gasteiger partial charge in [0, 0.05) is 0 Å². The lowest BCUT2D eigenvalue weighted by atomic mass is 9.32. The Labute approximate surface area is 416 Å². The van der Waals surface area contributed by atoms with Crippen molar-refractivity contribution in [3.63, 3.8) is 0 Å². The number of ether oxygens (including phenoxy) is 5. The van der Waals surface area contributed by atoms with E-state index in [-0.39, 0.29) is 39.8 Å². The summed E-state index contributed by atoms with van der Waals surface area (Å²) in [5, 5.41) is 0. The van der Waals surface area contributed by atoms with Gasteiger partial charge in [-0.25, -0.2) is 14.4 Å². The number of fused-ring (bicyclic) bond motifs is 7. The predicted octanol–water partition coefficient (Wildman–Crippen LogP) is 13.4. The van der Waals surface area contributed by atoms with Crippen LogP contribution in [0, 0.1) is 56.7 Å². The predicted molar refractivity (Wildman–Crippen MR) is 273 cm³/mol. The molecule has 8 nitrogen and oxygen atoms in total. The average molecular weight is 957 g/mol. The zero-order valence-corrected chi connectivity index (χ0v) is 42.8. The minimum atomic E-state index is -1.14. The average Bonchev–Trinajstić information content (AvgIpc) is 3.73. The highest BCUT2D eigenvalue weighted by Crippen LogP contribution is 2.78. The molecule has 1 saturated heterocycles. The monoisotopic (exact) mass is 957 g/mol. The van der Waals surface area contributed by atoms with E-state index in [1.807, 2.05) is 24.3 Å². The fraction of sp³-hybridized carbons (Fsp3) is 0.583. The van der Waals surface area contributed by atoms with E-state index in [0.717, 1.165) is 18.6 Å². The molecule has 6 fully saturated rings. The van der Waals surface area contributed by atoms with Gasteiger partial charge in [-0.2, -0.15) is 0 Å². The molecule has 0 N–H and O–H groups in total. The summed E-state index contributed by atoms with van der Waals surface area (Å²) in [6.45, 7) is 24.6. The van der Waals surface area contributed by atoms with Crippen LogP contribution in [0.4, 0.5) is 0 Å². The molecule has 0 aromatic heterocycles. The fourth-order valence-electron chi connectivity index (χ4n) is 16.1. The first kappa shape index (κ1) is 49.8. The van der Waals surface area contributed by atoms with Crippen LogP contribution in [0.25, 0.3) is 0 Å². The van der Waals surface area contributed by atoms with Gasteiger partial charge in [0.15, 0.2) is 18.3 Å². The molecule has 69 heavy (non-hydrogen) atoms. The molecule has 5 saturated carbocycles. The summed E-state index contributed by atoms with van der Waals surface area (Å²) in [5.74, 6) is 1.95. The van der Waals surface area contributed by atoms with E-state index in [2.05, 4.69) is 54.7 Å². The topological polar surface area (TPSA) is 97.4 Å². The van der Waals surface area contributed by atoms with E-state index in [1.54, 1.807) is 84.6 Å². The van der Waals surface area contributed by atoms with Crippen LogP contribution in [-0.4, -0.2) is 66.7 Å². The number of benzene rings is 3. The van der Waals surface area contributed by atoms with Crippen LogP contribution in [0.3, 0.4) is 0 Å². The highest BCUT2D eigenvalue weighted by atomic mass is 32.2. The minimum absolute atomic E-state index is 0.0342. The summed E-state index contributed by atoms with van der Waals surface area (Å²) in [4.78, 5) is 41.5. The van der Waals surface area contributed by atoms with Gasteiger partial charge in [-0.05, 0) is 176 Å². The lowest BCUT2D eigenvalue weighted by molar-refractivity contribution is -0.250. The summed E-state index contributed by atoms with van der Waals surface area (Å²) >= 11 is 1.63. The molecule has 6 aliphatic rings. The lowest BCUT2D eigenvalue weighted by Crippen LogP contribution is -2.66. The van der Waals surface area contributed by atoms with E-state index < -0.39 is 41.7 Å². The van der Waals surface area contributed by atoms with E-state index in [9.17, 15) is 14.4 Å². The first-order valence-electron chi connectivity index (χ1n) is 26.0. The maximum atomic E-state index is 14.0. The van der Waals surface area contributed by atoms with E-state index >= 15 is 0 Å². The maximum Gasteiger partial charge on any atom is 0.338 e. The SMILES string of the molecule is C=CCO[C@H]1CC[C@]2(C)[C@H]3CC[C@@H]4[C@H]5[C@H](C(=C)C)CC[C@]5(CCS[C@H]5OC[C@H](OC(=O)c6ccccc6)[C@H](OC(=O)c6ccccc6)[C@H]5OC(=O)c5ccccc5)CC[C@@]4(C)[C@]3(C)CC[C@H]2C1(C)C. The smallest absolute Gasteiger partial charge is 0.338 e. The van der Waals surface area contributed by atoms with Crippen molar-refractivity contribution in [1.82, 2.24) is 0 Å². The van der Waals surface area contributed by atoms with E-state index in [1.165, 1.54) is 63.4 Å². The van der Waals surface area contributed by atoms with Gasteiger partial charge in [-0.3, -0.25) is 0 Å². The number of allylic oxidation sites excluding steroid dienone is 1. The Balaban J connectivity index is 0.974. The molecule has 9 heteroatoms. The van der Waals surface area contributed by atoms with Gasteiger partial charge < -0.3 is 23.7 Å². The zero-order valence-electron chi connectivity index (χ0n) is 42.0. The van der Waals surface area contributed by atoms with Crippen LogP contribution < -0.4 is 0 Å². The van der Waals surface area contributed by atoms with Gasteiger partial charge in [-0.15, -0.1) is 18.3 Å². The van der Waals surface area contributed by atoms with Gasteiger partial charge in [0.25, 0.3) is 0 Å². The molecule has 3 aromatic carbocycles. The lowest BCUT2D eigenvalue weighted by Gasteiger charge is -2.73. The standard InChI is InChI=1S/C60H76O8S/c1-9-36-64-48-29-30-57(6)46(56(48,4)5)28-31-59(8)47(57)26-25-44-49-43(39(2)3)27-32-60(49,34-33-58(44,59)7)35-37-69-55-51(68-54(63)42-23-17-12-18-24-42)50(67-53(62)41-21-15-11-16-22-41)45(38-65-55)66-52(61)40-19-13-10-14-20-40/h9-24,43-51,55H,1-2,25-38H2,3-8H3/t43-,44+,45-,46-,47+,48-,49+,50-,51+,55+,57-,58+,59+,60+/m0/s1. The van der Waals surface area contributed by atoms with Crippen molar-refractivity contribution < 1.29 is 38.1 Å². The molecular weight excluding hydrogens is 881 g/mol. The third-order valence-corrected chi connectivity index (χ3v) is 20.8. The normalized spacial score (nSPS) is 37.7. The highest BCUT2D eigenvalue weighted by Gasteiger charge is 2.71. The van der Waals surface area contributed by atoms with Gasteiger partial charge >= 0.3 is 17.9 Å². The fourth-order valence-corrected chi connectivity index (χ4v) is 17.4. The van der Waals surface area contributed by atoms with Crippen LogP contribution >= 0.6 is 11.8 Å². The second kappa shape index (κ2) is 19.8. The summed E-state index contributed by atoms with van der Waals surface area (Å²) in [6, 6.07) is 26.3. The molecule has 9 rings (SSSR count). The molecule has 3 aromatic rings. The van der Waals surface area contributed by atoms with Crippen molar-refractivity contribution in [3.05, 3.63) is 132 Å². The quantitative estimate of drug-likeness (QED) is 0.0889. The molecule has 5 aliphatic carbocycles. The molecule has 370 valence electrons. The number of hydrogen-bond acceptors (Lipinski definition) is 9. The second-order valence-electron chi connectivity index (χ2n) is 23.1. The Morgan fingerprint density at radius 2 is 1.28 bits per heavy atom. The largest absolute Gasteiger partial charge is 0.452 e. The number of rotatable bonds is 14. The maximum absolute atomic E-state index is 14.0. The summed E-state index contributed by atoms with van der Waals surface area (Å²) < 4.78 is 31.9. The highest BCUT2D eigenvalue weighted by molar-refractivity contribution is 7.99. The van der Waals surface area contributed by atoms with Gasteiger partial charge in [0.1, 0.15) is 5.44 Å². The Hall–Kier alpha value is -4.18. The Morgan fingerprint density at radius 1 is 0.681 bits per heavy atom. The molecule has 14 atom stereocenters. The van der Waals surface area contributed by atoms with E-state index in [4.69, 9.17) is 23.7 Å². The van der Waals surface area contributed by atoms with Crippen molar-refractivity contribution in [2.45, 2.75) is 142 Å². The third kappa shape index (κ3) is 8.98. The minimum Gasteiger partial charge on any atom is -0.452 e. The summed E-state index contributed by atoms with van der Waals surface area (Å²) in [6.07, 6.45) is 12.1. The summed E-state index contributed by atoms with van der Waals surface area (Å²) in [5.41, 5.74) is 2.69. The second-order valence-corrected chi connectivity index (χ2v) is 24.3. The molecular formula is C60H76O8S. The van der Waals surface area contributed by atoms with Crippen molar-refractivity contribution >= 4 is 29.7 Å². The third-order valence-electron chi connectivity index (χ3n) is 19.6. The van der Waals surface area contributed by atoms with Crippen LogP contribution in [0.1, 0.15) is 143 Å². The number of esters is 3. The van der Waals surface area contributed by atoms with Crippen molar-refractivity contribution in [2.24, 2.45) is 56.7 Å². The van der Waals surface area contributed by atoms with Gasteiger partial charge in [0.2, 0.25) is 0 Å². The Kier molecular flexibility index (Phi) is 14.3. The first-order valence-corrected chi connectivity index (χ1v) is 27.0. The van der Waals surface area contributed by atoms with Crippen LogP contribution in [0.15, 0.2) is 116 Å². The van der Waals surface area contributed by atoms with Crippen molar-refractivity contribution in [3.8, 4) is 0 Å². The number of thioether (sulfide) groups is 1. The molecule has 0 radical (unpaired) electrons. The molecule has 0 amide bonds. The number of hydrogen-bond donors (Lipinski definition) is 0. The van der Waals surface area contributed by atoms with Gasteiger partial charge in [-0.1, -0.05) is 107 Å². The van der Waals surface area contributed by atoms with Crippen LogP contribution in [0.2, 0.25) is 0 Å². The van der Waals surface area contributed by atoms with Crippen LogP contribution in [0.5, 0.6) is 0 Å². The first-order chi connectivity index (χ1) is 33.1. The van der Waals surface area contributed by atoms with Gasteiger partial charge in [0.05, 0.1) is 36.0 Å².